The molecular weight excluding hydrogens is 973 g/mol. The van der Waals surface area contributed by atoms with Gasteiger partial charge < -0.3 is 103 Å². The molecule has 7 rings (SSSR count). The highest BCUT2D eigenvalue weighted by molar-refractivity contribution is 5.93. The molecule has 390 valence electrons. The Morgan fingerprint density at radius 3 is 1.64 bits per heavy atom. The Labute approximate surface area is 412 Å². The van der Waals surface area contributed by atoms with E-state index in [1.807, 2.05) is 0 Å². The maximum Gasteiger partial charge on any atom is 0.336 e. The summed E-state index contributed by atoms with van der Waals surface area (Å²) in [6.45, 7) is -1.27. The summed E-state index contributed by atoms with van der Waals surface area (Å²) in [6.07, 6.45) is -13.0. The van der Waals surface area contributed by atoms with Gasteiger partial charge >= 0.3 is 11.9 Å². The number of fused-ring (bicyclic) bond motifs is 1. The summed E-state index contributed by atoms with van der Waals surface area (Å²) >= 11 is 0. The fourth-order valence-corrected chi connectivity index (χ4v) is 7.56. The van der Waals surface area contributed by atoms with Crippen molar-refractivity contribution in [3.63, 3.8) is 0 Å². The van der Waals surface area contributed by atoms with E-state index in [2.05, 4.69) is 0 Å². The minimum Gasteiger partial charge on any atom is -0.504 e. The Morgan fingerprint density at radius 1 is 0.603 bits per heavy atom. The molecule has 0 spiro atoms. The summed E-state index contributed by atoms with van der Waals surface area (Å²) in [5, 5.41) is 104. The van der Waals surface area contributed by atoms with E-state index < -0.39 is 115 Å². The van der Waals surface area contributed by atoms with E-state index in [1.54, 1.807) is 0 Å². The first-order valence-electron chi connectivity index (χ1n) is 21.8. The predicted molar refractivity (Wildman–Crippen MR) is 248 cm³/mol. The van der Waals surface area contributed by atoms with Crippen LogP contribution >= 0.6 is 0 Å². The van der Waals surface area contributed by atoms with Crippen LogP contribution in [0.4, 0.5) is 0 Å². The fraction of sp³-hybridized carbons (Fsp3) is 0.327. The molecule has 0 amide bonds. The number of aliphatic hydroxyl groups is 7. The molecule has 2 fully saturated rings. The highest BCUT2D eigenvalue weighted by Crippen LogP contribution is 2.45. The molecule has 10 N–H and O–H groups in total. The van der Waals surface area contributed by atoms with Crippen molar-refractivity contribution < 1.29 is 112 Å². The summed E-state index contributed by atoms with van der Waals surface area (Å²) in [5.41, 5.74) is -0.254. The molecule has 0 bridgehead atoms. The zero-order valence-electron chi connectivity index (χ0n) is 39.0. The molecule has 5 aromatic rings. The Kier molecular flexibility index (Phi) is 16.6. The zero-order valence-corrected chi connectivity index (χ0v) is 39.0. The number of aromatic hydroxyl groups is 3. The van der Waals surface area contributed by atoms with Crippen LogP contribution in [0, 0.1) is 0 Å². The standard InChI is InChI=1S/C49H50O24/c1-63-28-13-21(14-29(64-2)38(28)54)5-11-35(52)69-32-18-27-37(42(58)47(32)73-49-46(62)43(59)40(56)33(19-50)70-49)25(51)17-26(68-27)23-7-9-24(10-8-23)67-20-34-41(57)44(60)45(61)48(71-34)72-36(53)12-6-22-15-30(65-3)39(55)31(16-22)66-4/h5-18,33-34,40-41,43-46,48-50,54-62H,19-20H2,1-4H3/b11-5+,12-6+/t33-,34-,40-,41-,43+,44+,45-,46-,48?,49?/m1/s1. The van der Waals surface area contributed by atoms with E-state index >= 15 is 0 Å². The molecule has 73 heavy (non-hydrogen) atoms. The van der Waals surface area contributed by atoms with Crippen molar-refractivity contribution in [2.75, 3.05) is 41.7 Å². The van der Waals surface area contributed by atoms with Crippen molar-refractivity contribution in [1.82, 2.24) is 0 Å². The van der Waals surface area contributed by atoms with Crippen LogP contribution in [0.1, 0.15) is 11.1 Å². The number of esters is 2. The van der Waals surface area contributed by atoms with Crippen molar-refractivity contribution in [3.05, 3.63) is 94.2 Å². The average Bonchev–Trinajstić information content (AvgIpc) is 3.38. The third-order valence-electron chi connectivity index (χ3n) is 11.5. The molecule has 2 unspecified atom stereocenters. The SMILES string of the molecule is COc1cc(/C=C/C(=O)Oc2cc3oc(-c4ccc(OC[C@H]5OC(OC(=O)/C=C/c6cc(OC)c(O)c(OC)c6)[C@H](O)[C@@H](O)[C@@H]5O)cc4)cc(=O)c3c(O)c2OC2O[C@H](CO)[C@@H](O)[C@H](O)[C@H]2O)cc(OC)c1O. The number of benzene rings is 4. The molecule has 0 radical (unpaired) electrons. The van der Waals surface area contributed by atoms with E-state index in [-0.39, 0.29) is 57.2 Å². The predicted octanol–water partition coefficient (Wildman–Crippen LogP) is 0.852. The van der Waals surface area contributed by atoms with Crippen LogP contribution in [0.15, 0.2) is 82.0 Å². The lowest BCUT2D eigenvalue weighted by Gasteiger charge is -2.39. The minimum absolute atomic E-state index is 0.0181. The van der Waals surface area contributed by atoms with Gasteiger partial charge in [-0.25, -0.2) is 9.59 Å². The van der Waals surface area contributed by atoms with Crippen LogP contribution in [0.25, 0.3) is 34.4 Å². The van der Waals surface area contributed by atoms with Gasteiger partial charge in [0.1, 0.15) is 77.9 Å². The third kappa shape index (κ3) is 11.5. The Hall–Kier alpha value is -7.65. The monoisotopic (exact) mass is 1020 g/mol. The van der Waals surface area contributed by atoms with Crippen molar-refractivity contribution in [2.45, 2.75) is 61.4 Å². The lowest BCUT2D eigenvalue weighted by atomic mass is 9.99. The van der Waals surface area contributed by atoms with E-state index in [0.717, 1.165) is 24.3 Å². The number of hydrogen-bond acceptors (Lipinski definition) is 24. The van der Waals surface area contributed by atoms with Gasteiger partial charge in [-0.2, -0.15) is 0 Å². The van der Waals surface area contributed by atoms with Crippen molar-refractivity contribution in [2.24, 2.45) is 0 Å². The van der Waals surface area contributed by atoms with Gasteiger partial charge in [-0.15, -0.1) is 0 Å². The first-order chi connectivity index (χ1) is 34.9. The zero-order chi connectivity index (χ0) is 52.8. The highest BCUT2D eigenvalue weighted by atomic mass is 16.7. The summed E-state index contributed by atoms with van der Waals surface area (Å²) in [4.78, 5) is 39.8. The van der Waals surface area contributed by atoms with Gasteiger partial charge in [-0.1, -0.05) is 0 Å². The van der Waals surface area contributed by atoms with Gasteiger partial charge in [-0.3, -0.25) is 4.79 Å². The van der Waals surface area contributed by atoms with Crippen LogP contribution in [0.5, 0.6) is 57.5 Å². The normalized spacial score (nSPS) is 24.0. The summed E-state index contributed by atoms with van der Waals surface area (Å²) in [6, 6.07) is 13.4. The van der Waals surface area contributed by atoms with E-state index in [0.29, 0.717) is 11.1 Å². The molecule has 4 aromatic carbocycles. The quantitative estimate of drug-likeness (QED) is 0.0351. The van der Waals surface area contributed by atoms with Gasteiger partial charge in [0, 0.05) is 29.8 Å². The first kappa shape index (κ1) is 53.2. The van der Waals surface area contributed by atoms with Gasteiger partial charge in [0.15, 0.2) is 39.9 Å². The topological polar surface area (TPSA) is 359 Å². The second-order valence-corrected chi connectivity index (χ2v) is 16.1. The number of carbonyl (C=O) groups excluding carboxylic acids is 2. The number of aliphatic hydroxyl groups excluding tert-OH is 7. The highest BCUT2D eigenvalue weighted by Gasteiger charge is 2.47. The molecule has 2 aliphatic rings. The van der Waals surface area contributed by atoms with Gasteiger partial charge in [0.05, 0.1) is 35.0 Å². The van der Waals surface area contributed by atoms with E-state index in [1.165, 1.54) is 89.1 Å². The van der Waals surface area contributed by atoms with Gasteiger partial charge in [0.2, 0.25) is 29.8 Å². The number of hydrogen-bond donors (Lipinski definition) is 10. The Bertz CT molecular complexity index is 2860. The van der Waals surface area contributed by atoms with Crippen molar-refractivity contribution in [1.29, 1.82) is 0 Å². The van der Waals surface area contributed by atoms with Crippen LogP contribution in [0.2, 0.25) is 0 Å². The second kappa shape index (κ2) is 22.8. The molecule has 1 aromatic heterocycles. The molecule has 2 aliphatic heterocycles. The molecule has 0 saturated carbocycles. The Balaban J connectivity index is 1.10. The smallest absolute Gasteiger partial charge is 0.336 e. The fourth-order valence-electron chi connectivity index (χ4n) is 7.56. The summed E-state index contributed by atoms with van der Waals surface area (Å²) < 4.78 is 59.9. The lowest BCUT2D eigenvalue weighted by Crippen LogP contribution is -2.60. The largest absolute Gasteiger partial charge is 0.504 e. The molecule has 3 heterocycles. The van der Waals surface area contributed by atoms with Crippen LogP contribution in [-0.4, -0.2) is 166 Å². The van der Waals surface area contributed by atoms with Crippen molar-refractivity contribution in [3.8, 4) is 68.8 Å². The number of carbonyl (C=O) groups is 2. The van der Waals surface area contributed by atoms with Crippen LogP contribution < -0.4 is 38.6 Å². The summed E-state index contributed by atoms with van der Waals surface area (Å²) in [7, 11) is 5.25. The van der Waals surface area contributed by atoms with Gasteiger partial charge in [-0.05, 0) is 71.8 Å². The molecular formula is C49H50O24. The van der Waals surface area contributed by atoms with E-state index in [4.69, 9.17) is 51.8 Å². The number of phenolic OH excluding ortho intramolecular Hbond substituents is 3. The maximum atomic E-state index is 13.7. The molecule has 24 heteroatoms. The van der Waals surface area contributed by atoms with Crippen LogP contribution in [0.3, 0.4) is 0 Å². The molecule has 2 saturated heterocycles. The summed E-state index contributed by atoms with van der Waals surface area (Å²) in [5.74, 6) is -4.74. The minimum atomic E-state index is -1.99. The van der Waals surface area contributed by atoms with Gasteiger partial charge in [0.25, 0.3) is 0 Å². The number of methoxy groups -OCH3 is 4. The number of ether oxygens (including phenoxy) is 10. The first-order valence-corrected chi connectivity index (χ1v) is 21.8. The second-order valence-electron chi connectivity index (χ2n) is 16.1. The maximum absolute atomic E-state index is 13.7. The molecule has 24 nitrogen and oxygen atoms in total. The molecule has 10 atom stereocenters. The average molecular weight is 1020 g/mol. The Morgan fingerprint density at radius 2 is 1.11 bits per heavy atom. The number of phenols is 3. The molecule has 0 aliphatic carbocycles. The van der Waals surface area contributed by atoms with Crippen molar-refractivity contribution >= 4 is 35.1 Å². The number of rotatable bonds is 17. The van der Waals surface area contributed by atoms with E-state index in [9.17, 15) is 65.4 Å². The van der Waals surface area contributed by atoms with Crippen LogP contribution in [-0.2, 0) is 23.8 Å². The lowest BCUT2D eigenvalue weighted by molar-refractivity contribution is -0.290. The third-order valence-corrected chi connectivity index (χ3v) is 11.5.